The lowest BCUT2D eigenvalue weighted by Crippen LogP contribution is -2.19. The Hall–Kier alpha value is -1.06. The van der Waals surface area contributed by atoms with Crippen LogP contribution in [0.4, 0.5) is 0 Å². The van der Waals surface area contributed by atoms with Crippen LogP contribution in [0.25, 0.3) is 5.65 Å². The molecule has 7 heteroatoms. The summed E-state index contributed by atoms with van der Waals surface area (Å²) in [5, 5.41) is 13.7. The molecule has 1 fully saturated rings. The van der Waals surface area contributed by atoms with Crippen molar-refractivity contribution in [2.75, 3.05) is 0 Å². The Bertz CT molecular complexity index is 658. The predicted octanol–water partition coefficient (Wildman–Crippen LogP) is 3.58. The van der Waals surface area contributed by atoms with Crippen LogP contribution in [0.15, 0.2) is 16.7 Å². The quantitative estimate of drug-likeness (QED) is 0.590. The highest BCUT2D eigenvalue weighted by atomic mass is 79.9. The first kappa shape index (κ1) is 13.0. The summed E-state index contributed by atoms with van der Waals surface area (Å²) in [5.41, 5.74) is 1.76. The minimum Gasteiger partial charge on any atom is -0.232 e. The van der Waals surface area contributed by atoms with Crippen LogP contribution in [-0.4, -0.2) is 21.3 Å². The maximum Gasteiger partial charge on any atom is 0.267 e. The maximum absolute atomic E-state index is 8.94. The molecular formula is C12H11BBrClN4. The lowest BCUT2D eigenvalue weighted by Gasteiger charge is -2.22. The van der Waals surface area contributed by atoms with Crippen molar-refractivity contribution < 1.29 is 0 Å². The highest BCUT2D eigenvalue weighted by Crippen LogP contribution is 2.34. The van der Waals surface area contributed by atoms with Gasteiger partial charge in [0.1, 0.15) is 5.15 Å². The Balaban J connectivity index is 1.93. The number of hydrogen-bond donors (Lipinski definition) is 0. The average Bonchev–Trinajstić information content (AvgIpc) is 2.81. The lowest BCUT2D eigenvalue weighted by molar-refractivity contribution is 0.594. The summed E-state index contributed by atoms with van der Waals surface area (Å²) in [7, 11) is 0. The van der Waals surface area contributed by atoms with Crippen molar-refractivity contribution in [1.82, 2.24) is 14.6 Å². The Morgan fingerprint density at radius 3 is 2.89 bits per heavy atom. The van der Waals surface area contributed by atoms with E-state index < -0.39 is 0 Å². The summed E-state index contributed by atoms with van der Waals surface area (Å²) < 4.78 is 2.47. The maximum atomic E-state index is 8.94. The highest BCUT2D eigenvalue weighted by molar-refractivity contribution is 9.10. The molecule has 0 spiro atoms. The summed E-state index contributed by atoms with van der Waals surface area (Å²) in [4.78, 5) is 4.66. The van der Waals surface area contributed by atoms with Gasteiger partial charge in [0.05, 0.1) is 10.7 Å². The smallest absolute Gasteiger partial charge is 0.232 e. The number of aromatic nitrogens is 3. The number of fused-ring (bicyclic) bond motifs is 1. The van der Waals surface area contributed by atoms with Gasteiger partial charge in [-0.05, 0) is 22.0 Å². The van der Waals surface area contributed by atoms with Crippen LogP contribution in [0.2, 0.25) is 17.8 Å². The van der Waals surface area contributed by atoms with Crippen LogP contribution in [0, 0.1) is 11.2 Å². The molecule has 0 aromatic carbocycles. The van der Waals surface area contributed by atoms with E-state index in [1.165, 1.54) is 0 Å². The topological polar surface area (TPSA) is 54.0 Å². The second-order valence-corrected chi connectivity index (χ2v) is 6.15. The highest BCUT2D eigenvalue weighted by Gasteiger charge is 2.26. The molecule has 2 aromatic heterocycles. The van der Waals surface area contributed by atoms with Crippen LogP contribution in [0.3, 0.4) is 0 Å². The van der Waals surface area contributed by atoms with E-state index in [0.717, 1.165) is 41.3 Å². The third-order valence-corrected chi connectivity index (χ3v) is 4.56. The van der Waals surface area contributed by atoms with Gasteiger partial charge in [-0.3, -0.25) is 0 Å². The summed E-state index contributed by atoms with van der Waals surface area (Å²) in [6, 6.07) is 1.89. The number of nitrogens with zero attached hydrogens (tertiary/aromatic N) is 4. The molecule has 0 amide bonds. The first-order chi connectivity index (χ1) is 9.19. The fraction of sp³-hybridized carbons (Fsp3) is 0.417. The molecule has 1 saturated heterocycles. The number of rotatable bonds is 1. The molecular weight excluding hydrogens is 326 g/mol. The van der Waals surface area contributed by atoms with Gasteiger partial charge in [0.2, 0.25) is 0 Å². The van der Waals surface area contributed by atoms with Crippen molar-refractivity contribution in [3.63, 3.8) is 0 Å². The van der Waals surface area contributed by atoms with E-state index in [1.807, 2.05) is 6.07 Å². The molecule has 19 heavy (non-hydrogen) atoms. The Morgan fingerprint density at radius 2 is 2.21 bits per heavy atom. The monoisotopic (exact) mass is 336 g/mol. The molecule has 1 aliphatic rings. The SMILES string of the molecule is N#CB1CCC(c2cc(Cl)n3ncc(Br)c3n2)CC1. The normalized spacial score (nSPS) is 16.8. The van der Waals surface area contributed by atoms with Crippen molar-refractivity contribution in [3.05, 3.63) is 27.6 Å². The van der Waals surface area contributed by atoms with Gasteiger partial charge >= 0.3 is 0 Å². The molecule has 96 valence electrons. The predicted molar refractivity (Wildman–Crippen MR) is 78.7 cm³/mol. The van der Waals surface area contributed by atoms with Crippen LogP contribution in [0.1, 0.15) is 24.5 Å². The number of nitriles is 1. The molecule has 3 rings (SSSR count). The van der Waals surface area contributed by atoms with Gasteiger partial charge < -0.3 is 0 Å². The third kappa shape index (κ3) is 2.37. The fourth-order valence-corrected chi connectivity index (χ4v) is 3.23. The minimum absolute atomic E-state index is 0.206. The van der Waals surface area contributed by atoms with E-state index in [4.69, 9.17) is 16.9 Å². The first-order valence-corrected chi connectivity index (χ1v) is 7.45. The zero-order chi connectivity index (χ0) is 13.4. The molecule has 0 saturated carbocycles. The van der Waals surface area contributed by atoms with E-state index in [1.54, 1.807) is 10.7 Å². The van der Waals surface area contributed by atoms with Gasteiger partial charge in [0.15, 0.2) is 5.65 Å². The van der Waals surface area contributed by atoms with Gasteiger partial charge in [-0.1, -0.05) is 37.1 Å². The van der Waals surface area contributed by atoms with Gasteiger partial charge in [-0.25, -0.2) is 14.8 Å². The largest absolute Gasteiger partial charge is 0.267 e. The van der Waals surface area contributed by atoms with Gasteiger partial charge in [0, 0.05) is 17.6 Å². The van der Waals surface area contributed by atoms with E-state index in [2.05, 4.69) is 32.0 Å². The van der Waals surface area contributed by atoms with Crippen molar-refractivity contribution in [3.8, 4) is 5.97 Å². The van der Waals surface area contributed by atoms with Gasteiger partial charge in [-0.2, -0.15) is 5.10 Å². The van der Waals surface area contributed by atoms with Crippen molar-refractivity contribution in [2.24, 2.45) is 0 Å². The molecule has 0 aliphatic carbocycles. The van der Waals surface area contributed by atoms with E-state index in [0.29, 0.717) is 11.1 Å². The molecule has 4 nitrogen and oxygen atoms in total. The molecule has 2 aromatic rings. The number of hydrogen-bond acceptors (Lipinski definition) is 3. The first-order valence-electron chi connectivity index (χ1n) is 6.28. The standard InChI is InChI=1S/C12H11BBrClN4/c14-9-6-17-19-11(15)5-10(18-12(9)19)8-1-3-13(7-16)4-2-8/h5-6,8H,1-4H2. The van der Waals surface area contributed by atoms with E-state index in [-0.39, 0.29) is 6.71 Å². The Labute approximate surface area is 125 Å². The summed E-state index contributed by atoms with van der Waals surface area (Å²) >= 11 is 9.67. The van der Waals surface area contributed by atoms with Crippen LogP contribution >= 0.6 is 27.5 Å². The van der Waals surface area contributed by atoms with Crippen molar-refractivity contribution >= 4 is 39.9 Å². The third-order valence-electron chi connectivity index (χ3n) is 3.73. The van der Waals surface area contributed by atoms with Crippen LogP contribution in [0.5, 0.6) is 0 Å². The minimum atomic E-state index is 0.206. The molecule has 0 N–H and O–H groups in total. The average molecular weight is 337 g/mol. The van der Waals surface area contributed by atoms with Crippen molar-refractivity contribution in [2.45, 2.75) is 31.4 Å². The van der Waals surface area contributed by atoms with Gasteiger partial charge in [-0.15, -0.1) is 0 Å². The second-order valence-electron chi connectivity index (χ2n) is 4.91. The van der Waals surface area contributed by atoms with E-state index in [9.17, 15) is 0 Å². The zero-order valence-electron chi connectivity index (χ0n) is 10.2. The summed E-state index contributed by atoms with van der Waals surface area (Å²) in [6.45, 7) is 0.206. The van der Waals surface area contributed by atoms with E-state index >= 15 is 0 Å². The zero-order valence-corrected chi connectivity index (χ0v) is 12.5. The van der Waals surface area contributed by atoms with Gasteiger partial charge in [0.25, 0.3) is 6.71 Å². The summed E-state index contributed by atoms with van der Waals surface area (Å²) in [5.74, 6) is 2.75. The lowest BCUT2D eigenvalue weighted by atomic mass is 9.41. The molecule has 0 bridgehead atoms. The molecule has 0 atom stereocenters. The fourth-order valence-electron chi connectivity index (χ4n) is 2.64. The summed E-state index contributed by atoms with van der Waals surface area (Å²) in [6.07, 6.45) is 5.61. The molecule has 1 aliphatic heterocycles. The molecule has 0 unspecified atom stereocenters. The van der Waals surface area contributed by atoms with Crippen LogP contribution < -0.4 is 0 Å². The van der Waals surface area contributed by atoms with Crippen molar-refractivity contribution in [1.29, 1.82) is 5.26 Å². The second kappa shape index (κ2) is 5.14. The molecule has 3 heterocycles. The number of halogens is 2. The molecule has 0 radical (unpaired) electrons. The Morgan fingerprint density at radius 1 is 1.47 bits per heavy atom. The van der Waals surface area contributed by atoms with Crippen LogP contribution in [-0.2, 0) is 0 Å². The Kier molecular flexibility index (Phi) is 3.51.